The van der Waals surface area contributed by atoms with Crippen LogP contribution in [-0.2, 0) is 9.53 Å². The summed E-state index contributed by atoms with van der Waals surface area (Å²) in [6.45, 7) is 0.422. The van der Waals surface area contributed by atoms with Gasteiger partial charge in [0.25, 0.3) is 0 Å². The fraction of sp³-hybridized carbons (Fsp3) is 0.333. The quantitative estimate of drug-likeness (QED) is 0.645. The minimum atomic E-state index is -0.376. The van der Waals surface area contributed by atoms with Gasteiger partial charge in [-0.3, -0.25) is 5.41 Å². The Balaban J connectivity index is 2.24. The number of H-pyrrole nitrogens is 1. The predicted octanol–water partition coefficient (Wildman–Crippen LogP) is -0.273. The summed E-state index contributed by atoms with van der Waals surface area (Å²) in [7, 11) is 0. The molecule has 0 amide bonds. The summed E-state index contributed by atoms with van der Waals surface area (Å²) in [6.07, 6.45) is 3.56. The van der Waals surface area contributed by atoms with Gasteiger partial charge in [0, 0.05) is 6.42 Å². The van der Waals surface area contributed by atoms with Gasteiger partial charge in [-0.05, 0) is 0 Å². The number of carbonyl (C=O) groups excluding carboxylic acids is 1. The third kappa shape index (κ3) is 1.14. The van der Waals surface area contributed by atoms with E-state index in [1.54, 1.807) is 4.57 Å². The summed E-state index contributed by atoms with van der Waals surface area (Å²) < 4.78 is 6.56. The number of nitrogens with one attached hydrogen (secondary N) is 2. The van der Waals surface area contributed by atoms with E-state index >= 15 is 0 Å². The first-order chi connectivity index (χ1) is 7.77. The van der Waals surface area contributed by atoms with Crippen LogP contribution in [0.4, 0.5) is 0 Å². The van der Waals surface area contributed by atoms with Gasteiger partial charge in [-0.15, -0.1) is 0 Å². The van der Waals surface area contributed by atoms with Crippen molar-refractivity contribution in [1.29, 1.82) is 5.41 Å². The minimum absolute atomic E-state index is 0.120. The van der Waals surface area contributed by atoms with Crippen LogP contribution >= 0.6 is 0 Å². The summed E-state index contributed by atoms with van der Waals surface area (Å²) in [4.78, 5) is 22.3. The van der Waals surface area contributed by atoms with Crippen molar-refractivity contribution in [3.05, 3.63) is 18.1 Å². The van der Waals surface area contributed by atoms with Crippen molar-refractivity contribution in [2.45, 2.75) is 12.5 Å². The molecule has 2 aromatic rings. The number of esters is 1. The Kier molecular flexibility index (Phi) is 1.79. The molecule has 82 valence electrons. The molecular weight excluding hydrogens is 210 g/mol. The lowest BCUT2D eigenvalue weighted by atomic mass is 10.2. The SMILES string of the molecule is N=c1ncn(C2CCOC2=O)c2nc[nH]c12. The van der Waals surface area contributed by atoms with E-state index in [1.807, 2.05) is 0 Å². The second-order valence-corrected chi connectivity index (χ2v) is 3.57. The third-order valence-electron chi connectivity index (χ3n) is 2.66. The first kappa shape index (κ1) is 9.08. The normalized spacial score (nSPS) is 20.2. The first-order valence-electron chi connectivity index (χ1n) is 4.89. The Hall–Kier alpha value is -2.18. The molecule has 0 bridgehead atoms. The van der Waals surface area contributed by atoms with E-state index in [1.165, 1.54) is 12.7 Å². The number of nitrogens with zero attached hydrogens (tertiary/aromatic N) is 3. The molecule has 2 N–H and O–H groups in total. The van der Waals surface area contributed by atoms with Crippen molar-refractivity contribution in [3.63, 3.8) is 0 Å². The standard InChI is InChI=1S/C9H9N5O2/c10-7-6-8(12-3-11-6)14(4-13-7)5-1-2-16-9(5)15/h3-5,10H,1-2H2,(H,11,12). The van der Waals surface area contributed by atoms with Gasteiger partial charge in [-0.25, -0.2) is 14.8 Å². The van der Waals surface area contributed by atoms with Gasteiger partial charge in [0.1, 0.15) is 11.6 Å². The van der Waals surface area contributed by atoms with Gasteiger partial charge in [0.05, 0.1) is 19.3 Å². The van der Waals surface area contributed by atoms with Crippen LogP contribution in [0.5, 0.6) is 0 Å². The second kappa shape index (κ2) is 3.16. The van der Waals surface area contributed by atoms with Gasteiger partial charge in [-0.1, -0.05) is 0 Å². The molecule has 1 saturated heterocycles. The van der Waals surface area contributed by atoms with Gasteiger partial charge >= 0.3 is 5.97 Å². The van der Waals surface area contributed by atoms with Crippen LogP contribution < -0.4 is 5.49 Å². The molecule has 2 aromatic heterocycles. The molecule has 0 saturated carbocycles. The van der Waals surface area contributed by atoms with E-state index in [2.05, 4.69) is 15.0 Å². The molecule has 1 aliphatic heterocycles. The lowest BCUT2D eigenvalue weighted by molar-refractivity contribution is -0.140. The average Bonchev–Trinajstić information content (AvgIpc) is 2.88. The number of hydrogen-bond acceptors (Lipinski definition) is 5. The Morgan fingerprint density at radius 1 is 1.56 bits per heavy atom. The molecule has 0 aromatic carbocycles. The molecule has 1 unspecified atom stereocenters. The van der Waals surface area contributed by atoms with Crippen molar-refractivity contribution >= 4 is 17.1 Å². The number of fused-ring (bicyclic) bond motifs is 1. The van der Waals surface area contributed by atoms with E-state index in [0.29, 0.717) is 24.2 Å². The van der Waals surface area contributed by atoms with Crippen molar-refractivity contribution in [2.24, 2.45) is 0 Å². The third-order valence-corrected chi connectivity index (χ3v) is 2.66. The Morgan fingerprint density at radius 2 is 2.44 bits per heavy atom. The van der Waals surface area contributed by atoms with E-state index in [4.69, 9.17) is 10.1 Å². The zero-order valence-corrected chi connectivity index (χ0v) is 8.30. The zero-order chi connectivity index (χ0) is 11.1. The van der Waals surface area contributed by atoms with Crippen LogP contribution in [0.2, 0.25) is 0 Å². The molecule has 1 atom stereocenters. The van der Waals surface area contributed by atoms with E-state index < -0.39 is 0 Å². The maximum absolute atomic E-state index is 11.5. The minimum Gasteiger partial charge on any atom is -0.464 e. The summed E-state index contributed by atoms with van der Waals surface area (Å²) >= 11 is 0. The summed E-state index contributed by atoms with van der Waals surface area (Å²) in [5.41, 5.74) is 1.21. The molecule has 7 nitrogen and oxygen atoms in total. The fourth-order valence-corrected chi connectivity index (χ4v) is 1.86. The van der Waals surface area contributed by atoms with Crippen LogP contribution in [0.3, 0.4) is 0 Å². The lowest BCUT2D eigenvalue weighted by Crippen LogP contribution is -2.19. The number of aromatic amines is 1. The van der Waals surface area contributed by atoms with Crippen LogP contribution in [0.1, 0.15) is 12.5 Å². The van der Waals surface area contributed by atoms with Crippen molar-refractivity contribution in [3.8, 4) is 0 Å². The number of aromatic nitrogens is 4. The van der Waals surface area contributed by atoms with E-state index in [-0.39, 0.29) is 17.5 Å². The molecule has 0 spiro atoms. The molecule has 1 aliphatic rings. The molecule has 1 fully saturated rings. The van der Waals surface area contributed by atoms with Crippen LogP contribution in [-0.4, -0.2) is 32.1 Å². The number of ether oxygens (including phenoxy) is 1. The number of carbonyl (C=O) groups is 1. The average molecular weight is 219 g/mol. The molecule has 3 heterocycles. The van der Waals surface area contributed by atoms with Crippen LogP contribution in [0.25, 0.3) is 11.2 Å². The largest absolute Gasteiger partial charge is 0.464 e. The van der Waals surface area contributed by atoms with E-state index in [0.717, 1.165) is 0 Å². The Bertz CT molecular complexity index is 614. The van der Waals surface area contributed by atoms with Gasteiger partial charge < -0.3 is 14.3 Å². The molecule has 16 heavy (non-hydrogen) atoms. The van der Waals surface area contributed by atoms with Crippen molar-refractivity contribution in [1.82, 2.24) is 19.5 Å². The fourth-order valence-electron chi connectivity index (χ4n) is 1.86. The van der Waals surface area contributed by atoms with E-state index in [9.17, 15) is 4.79 Å². The van der Waals surface area contributed by atoms with Crippen LogP contribution in [0, 0.1) is 5.41 Å². The zero-order valence-electron chi connectivity index (χ0n) is 8.30. The number of rotatable bonds is 1. The molecule has 3 rings (SSSR count). The number of hydrogen-bond donors (Lipinski definition) is 2. The van der Waals surface area contributed by atoms with Crippen molar-refractivity contribution < 1.29 is 9.53 Å². The lowest BCUT2D eigenvalue weighted by Gasteiger charge is -2.10. The maximum atomic E-state index is 11.5. The van der Waals surface area contributed by atoms with Gasteiger partial charge in [0.15, 0.2) is 11.1 Å². The number of cyclic esters (lactones) is 1. The summed E-state index contributed by atoms with van der Waals surface area (Å²) in [5, 5.41) is 7.59. The molecule has 7 heteroatoms. The first-order valence-corrected chi connectivity index (χ1v) is 4.89. The highest BCUT2D eigenvalue weighted by molar-refractivity contribution is 5.78. The second-order valence-electron chi connectivity index (χ2n) is 3.57. The maximum Gasteiger partial charge on any atom is 0.329 e. The number of imidazole rings is 1. The highest BCUT2D eigenvalue weighted by Gasteiger charge is 2.29. The summed E-state index contributed by atoms with van der Waals surface area (Å²) in [5.74, 6) is -0.270. The van der Waals surface area contributed by atoms with Crippen molar-refractivity contribution in [2.75, 3.05) is 6.61 Å². The molecule has 0 radical (unpaired) electrons. The van der Waals surface area contributed by atoms with Gasteiger partial charge in [0.2, 0.25) is 0 Å². The molecule has 0 aliphatic carbocycles. The predicted molar refractivity (Wildman–Crippen MR) is 52.3 cm³/mol. The Morgan fingerprint density at radius 3 is 3.19 bits per heavy atom. The highest BCUT2D eigenvalue weighted by atomic mass is 16.5. The Labute approximate surface area is 89.6 Å². The topological polar surface area (TPSA) is 96.7 Å². The monoisotopic (exact) mass is 219 g/mol. The smallest absolute Gasteiger partial charge is 0.329 e. The van der Waals surface area contributed by atoms with Crippen LogP contribution in [0.15, 0.2) is 12.7 Å². The molecular formula is C9H9N5O2. The van der Waals surface area contributed by atoms with Gasteiger partial charge in [-0.2, -0.15) is 0 Å². The summed E-state index contributed by atoms with van der Waals surface area (Å²) in [6, 6.07) is -0.376. The highest BCUT2D eigenvalue weighted by Crippen LogP contribution is 2.22.